The van der Waals surface area contributed by atoms with E-state index in [0.717, 1.165) is 18.7 Å². The third kappa shape index (κ3) is 3.35. The molecule has 122 valence electrons. The summed E-state index contributed by atoms with van der Waals surface area (Å²) in [4.78, 5) is 2.82. The van der Waals surface area contributed by atoms with Crippen molar-refractivity contribution >= 4 is 10.0 Å². The normalized spacial score (nSPS) is 24.7. The molecule has 0 aromatic heterocycles. The first-order chi connectivity index (χ1) is 10.6. The highest BCUT2D eigenvalue weighted by atomic mass is 32.2. The van der Waals surface area contributed by atoms with E-state index in [9.17, 15) is 8.42 Å². The van der Waals surface area contributed by atoms with Crippen molar-refractivity contribution in [3.63, 3.8) is 0 Å². The largest absolute Gasteiger partial charge is 0.379 e. The van der Waals surface area contributed by atoms with Gasteiger partial charge >= 0.3 is 0 Å². The van der Waals surface area contributed by atoms with Gasteiger partial charge in [0, 0.05) is 25.7 Å². The summed E-state index contributed by atoms with van der Waals surface area (Å²) in [6.07, 6.45) is 2.46. The van der Waals surface area contributed by atoms with E-state index in [-0.39, 0.29) is 0 Å². The van der Waals surface area contributed by atoms with Crippen molar-refractivity contribution in [2.45, 2.75) is 37.2 Å². The van der Waals surface area contributed by atoms with Crippen LogP contribution in [0.2, 0.25) is 0 Å². The molecule has 5 nitrogen and oxygen atoms in total. The van der Waals surface area contributed by atoms with E-state index >= 15 is 0 Å². The zero-order chi connectivity index (χ0) is 15.6. The number of nitrogens with zero attached hydrogens (tertiary/aromatic N) is 2. The first kappa shape index (κ1) is 15.9. The number of sulfonamides is 1. The maximum absolute atomic E-state index is 12.7. The van der Waals surface area contributed by atoms with Gasteiger partial charge in [-0.05, 0) is 44.0 Å². The number of rotatable bonds is 4. The van der Waals surface area contributed by atoms with Gasteiger partial charge in [-0.15, -0.1) is 0 Å². The lowest BCUT2D eigenvalue weighted by molar-refractivity contribution is 0.0730. The molecule has 2 heterocycles. The molecule has 0 radical (unpaired) electrons. The highest BCUT2D eigenvalue weighted by molar-refractivity contribution is 7.89. The number of hydrogen-bond donors (Lipinski definition) is 0. The van der Waals surface area contributed by atoms with Crippen LogP contribution < -0.4 is 0 Å². The van der Waals surface area contributed by atoms with Gasteiger partial charge in [-0.3, -0.25) is 4.90 Å². The van der Waals surface area contributed by atoms with Crippen LogP contribution >= 0.6 is 0 Å². The Hall–Kier alpha value is -0.950. The van der Waals surface area contributed by atoms with Crippen molar-refractivity contribution in [2.24, 2.45) is 0 Å². The molecular formula is C16H24N2O3S. The minimum atomic E-state index is -3.40. The second-order valence-electron chi connectivity index (χ2n) is 6.13. The lowest BCUT2D eigenvalue weighted by Crippen LogP contribution is -2.40. The highest BCUT2D eigenvalue weighted by Gasteiger charge is 2.27. The quantitative estimate of drug-likeness (QED) is 0.846. The van der Waals surface area contributed by atoms with Crippen LogP contribution in [-0.2, 0) is 21.3 Å². The average Bonchev–Trinajstić information content (AvgIpc) is 2.94. The van der Waals surface area contributed by atoms with Gasteiger partial charge in [-0.25, -0.2) is 8.42 Å². The van der Waals surface area contributed by atoms with Crippen molar-refractivity contribution in [2.75, 3.05) is 32.8 Å². The Bertz CT molecular complexity index is 612. The SMILES string of the molecule is CC1CCCN1Cc1cccc(S(=O)(=O)N2CCOCC2)c1. The van der Waals surface area contributed by atoms with Gasteiger partial charge in [-0.1, -0.05) is 12.1 Å². The van der Waals surface area contributed by atoms with E-state index in [0.29, 0.717) is 37.2 Å². The first-order valence-electron chi connectivity index (χ1n) is 7.98. The standard InChI is InChI=1S/C16H24N2O3S/c1-14-4-3-7-17(14)13-15-5-2-6-16(12-15)22(19,20)18-8-10-21-11-9-18/h2,5-6,12,14H,3-4,7-11,13H2,1H3. The van der Waals surface area contributed by atoms with E-state index in [4.69, 9.17) is 4.74 Å². The minimum absolute atomic E-state index is 0.402. The molecule has 2 fully saturated rings. The van der Waals surface area contributed by atoms with Gasteiger partial charge in [-0.2, -0.15) is 4.31 Å². The zero-order valence-electron chi connectivity index (χ0n) is 13.1. The predicted octanol–water partition coefficient (Wildman–Crippen LogP) is 1.69. The predicted molar refractivity (Wildman–Crippen MR) is 85.1 cm³/mol. The molecule has 1 atom stereocenters. The van der Waals surface area contributed by atoms with Gasteiger partial charge in [0.2, 0.25) is 10.0 Å². The summed E-state index contributed by atoms with van der Waals surface area (Å²) in [5.41, 5.74) is 1.07. The lowest BCUT2D eigenvalue weighted by Gasteiger charge is -2.26. The van der Waals surface area contributed by atoms with E-state index in [2.05, 4.69) is 11.8 Å². The van der Waals surface area contributed by atoms with Gasteiger partial charge in [0.1, 0.15) is 0 Å². The summed E-state index contributed by atoms with van der Waals surface area (Å²) in [5, 5.41) is 0. The average molecular weight is 324 g/mol. The first-order valence-corrected chi connectivity index (χ1v) is 9.42. The maximum atomic E-state index is 12.7. The Balaban J connectivity index is 1.78. The summed E-state index contributed by atoms with van der Waals surface area (Å²) < 4.78 is 32.2. The van der Waals surface area contributed by atoms with Gasteiger partial charge in [0.15, 0.2) is 0 Å². The molecular weight excluding hydrogens is 300 g/mol. The highest BCUT2D eigenvalue weighted by Crippen LogP contribution is 2.22. The van der Waals surface area contributed by atoms with Crippen LogP contribution in [0, 0.1) is 0 Å². The van der Waals surface area contributed by atoms with Crippen molar-refractivity contribution in [3.05, 3.63) is 29.8 Å². The summed E-state index contributed by atoms with van der Waals surface area (Å²) >= 11 is 0. The van der Waals surface area contributed by atoms with Gasteiger partial charge in [0.05, 0.1) is 18.1 Å². The zero-order valence-corrected chi connectivity index (χ0v) is 13.9. The molecule has 2 aliphatic rings. The van der Waals surface area contributed by atoms with Crippen molar-refractivity contribution < 1.29 is 13.2 Å². The van der Waals surface area contributed by atoms with E-state index < -0.39 is 10.0 Å². The van der Waals surface area contributed by atoms with Crippen LogP contribution in [0.1, 0.15) is 25.3 Å². The van der Waals surface area contributed by atoms with Crippen LogP contribution in [0.4, 0.5) is 0 Å². The Kier molecular flexibility index (Phi) is 4.82. The van der Waals surface area contributed by atoms with Crippen molar-refractivity contribution in [3.8, 4) is 0 Å². The molecule has 0 spiro atoms. The molecule has 22 heavy (non-hydrogen) atoms. The Morgan fingerprint density at radius 3 is 2.68 bits per heavy atom. The molecule has 1 aromatic rings. The number of likely N-dealkylation sites (tertiary alicyclic amines) is 1. The smallest absolute Gasteiger partial charge is 0.243 e. The summed E-state index contributed by atoms with van der Waals surface area (Å²) in [5.74, 6) is 0. The fourth-order valence-corrected chi connectivity index (χ4v) is 4.68. The Labute approximate surface area is 132 Å². The third-order valence-electron chi connectivity index (χ3n) is 4.58. The van der Waals surface area contributed by atoms with Gasteiger partial charge < -0.3 is 4.74 Å². The molecule has 0 aliphatic carbocycles. The van der Waals surface area contributed by atoms with Crippen LogP contribution in [-0.4, -0.2) is 56.5 Å². The molecule has 2 aliphatic heterocycles. The van der Waals surface area contributed by atoms with E-state index in [1.54, 1.807) is 6.07 Å². The van der Waals surface area contributed by atoms with Crippen LogP contribution in [0.15, 0.2) is 29.2 Å². The molecule has 1 aromatic carbocycles. The van der Waals surface area contributed by atoms with E-state index in [1.165, 1.54) is 17.1 Å². The van der Waals surface area contributed by atoms with Crippen LogP contribution in [0.5, 0.6) is 0 Å². The van der Waals surface area contributed by atoms with E-state index in [1.807, 2.05) is 18.2 Å². The Morgan fingerprint density at radius 1 is 1.23 bits per heavy atom. The molecule has 2 saturated heterocycles. The third-order valence-corrected chi connectivity index (χ3v) is 6.48. The fraction of sp³-hybridized carbons (Fsp3) is 0.625. The Morgan fingerprint density at radius 2 is 2.00 bits per heavy atom. The monoisotopic (exact) mass is 324 g/mol. The number of morpholine rings is 1. The van der Waals surface area contributed by atoms with Crippen LogP contribution in [0.25, 0.3) is 0 Å². The second-order valence-corrected chi connectivity index (χ2v) is 8.06. The lowest BCUT2D eigenvalue weighted by atomic mass is 10.2. The van der Waals surface area contributed by atoms with Crippen molar-refractivity contribution in [1.29, 1.82) is 0 Å². The van der Waals surface area contributed by atoms with Gasteiger partial charge in [0.25, 0.3) is 0 Å². The molecule has 0 N–H and O–H groups in total. The molecule has 0 saturated carbocycles. The maximum Gasteiger partial charge on any atom is 0.243 e. The number of benzene rings is 1. The molecule has 0 amide bonds. The second kappa shape index (κ2) is 6.66. The summed E-state index contributed by atoms with van der Waals surface area (Å²) in [6, 6.07) is 7.98. The summed E-state index contributed by atoms with van der Waals surface area (Å²) in [7, 11) is -3.40. The fourth-order valence-electron chi connectivity index (χ4n) is 3.20. The number of ether oxygens (including phenoxy) is 1. The minimum Gasteiger partial charge on any atom is -0.379 e. The van der Waals surface area contributed by atoms with Crippen LogP contribution in [0.3, 0.4) is 0 Å². The topological polar surface area (TPSA) is 49.9 Å². The molecule has 3 rings (SSSR count). The van der Waals surface area contributed by atoms with Crippen molar-refractivity contribution in [1.82, 2.24) is 9.21 Å². The molecule has 0 bridgehead atoms. The summed E-state index contributed by atoms with van der Waals surface area (Å²) in [6.45, 7) is 6.00. The molecule has 1 unspecified atom stereocenters. The molecule has 6 heteroatoms. The number of hydrogen-bond acceptors (Lipinski definition) is 4.